The first-order chi connectivity index (χ1) is 14.8. The van der Waals surface area contributed by atoms with Crippen LogP contribution in [0, 0.1) is 0 Å². The Morgan fingerprint density at radius 2 is 1.90 bits per heavy atom. The molecule has 0 saturated carbocycles. The second-order valence-electron chi connectivity index (χ2n) is 7.26. The lowest BCUT2D eigenvalue weighted by molar-refractivity contribution is 0.189. The number of aromatic amines is 1. The zero-order valence-electron chi connectivity index (χ0n) is 16.5. The van der Waals surface area contributed by atoms with Crippen LogP contribution in [0.25, 0.3) is 22.4 Å². The quantitative estimate of drug-likeness (QED) is 0.449. The van der Waals surface area contributed by atoms with Crippen molar-refractivity contribution in [2.75, 3.05) is 49.5 Å². The molecule has 0 radical (unpaired) electrons. The Balaban J connectivity index is 1.34. The van der Waals surface area contributed by atoms with Gasteiger partial charge in [-0.05, 0) is 30.3 Å². The van der Waals surface area contributed by atoms with Crippen LogP contribution in [0.15, 0.2) is 53.5 Å². The van der Waals surface area contributed by atoms with Gasteiger partial charge in [0.05, 0.1) is 24.6 Å². The third-order valence-corrected chi connectivity index (χ3v) is 5.36. The minimum Gasteiger partial charge on any atom is -0.472 e. The number of H-pyrrole nitrogens is 1. The molecule has 1 fully saturated rings. The Labute approximate surface area is 173 Å². The molecule has 0 aliphatic carbocycles. The van der Waals surface area contributed by atoms with Crippen molar-refractivity contribution >= 4 is 28.2 Å². The lowest BCUT2D eigenvalue weighted by Crippen LogP contribution is -2.47. The van der Waals surface area contributed by atoms with E-state index in [2.05, 4.69) is 59.5 Å². The fourth-order valence-corrected chi connectivity index (χ4v) is 3.71. The number of benzene rings is 1. The molecule has 1 saturated heterocycles. The van der Waals surface area contributed by atoms with Gasteiger partial charge in [-0.1, -0.05) is 0 Å². The molecule has 9 nitrogen and oxygen atoms in total. The van der Waals surface area contributed by atoms with Gasteiger partial charge in [0.15, 0.2) is 11.6 Å². The van der Waals surface area contributed by atoms with Crippen LogP contribution in [0.5, 0.6) is 0 Å². The van der Waals surface area contributed by atoms with Gasteiger partial charge in [0.2, 0.25) is 0 Å². The molecule has 1 aliphatic rings. The third-order valence-electron chi connectivity index (χ3n) is 5.36. The number of aromatic nitrogens is 4. The van der Waals surface area contributed by atoms with Crippen molar-refractivity contribution in [2.45, 2.75) is 0 Å². The summed E-state index contributed by atoms with van der Waals surface area (Å²) in [6.07, 6.45) is 4.92. The van der Waals surface area contributed by atoms with Gasteiger partial charge < -0.3 is 19.7 Å². The molecule has 0 unspecified atom stereocenters. The summed E-state index contributed by atoms with van der Waals surface area (Å²) in [4.78, 5) is 13.9. The van der Waals surface area contributed by atoms with E-state index in [4.69, 9.17) is 9.52 Å². The third kappa shape index (κ3) is 3.72. The molecule has 3 aromatic heterocycles. The van der Waals surface area contributed by atoms with Crippen LogP contribution in [-0.4, -0.2) is 69.5 Å². The number of furan rings is 1. The Bertz CT molecular complexity index is 1100. The van der Waals surface area contributed by atoms with Crippen LogP contribution < -0.4 is 10.2 Å². The van der Waals surface area contributed by atoms with E-state index in [1.807, 2.05) is 6.07 Å². The molecule has 3 N–H and O–H groups in total. The summed E-state index contributed by atoms with van der Waals surface area (Å²) in [6.45, 7) is 4.82. The molecule has 0 bridgehead atoms. The molecule has 0 spiro atoms. The van der Waals surface area contributed by atoms with Crippen LogP contribution in [0.3, 0.4) is 0 Å². The summed E-state index contributed by atoms with van der Waals surface area (Å²) in [5.41, 5.74) is 4.44. The van der Waals surface area contributed by atoms with Gasteiger partial charge in [-0.3, -0.25) is 10.00 Å². The first-order valence-corrected chi connectivity index (χ1v) is 9.99. The van der Waals surface area contributed by atoms with Crippen LogP contribution in [0.4, 0.5) is 17.2 Å². The molecule has 5 rings (SSSR count). The van der Waals surface area contributed by atoms with Crippen molar-refractivity contribution in [1.82, 2.24) is 25.1 Å². The first-order valence-electron chi connectivity index (χ1n) is 9.99. The van der Waals surface area contributed by atoms with Crippen molar-refractivity contribution in [3.05, 3.63) is 49.1 Å². The number of nitrogens with one attached hydrogen (secondary N) is 2. The number of nitrogens with zero attached hydrogens (tertiary/aromatic N) is 5. The molecule has 30 heavy (non-hydrogen) atoms. The zero-order chi connectivity index (χ0) is 20.3. The van der Waals surface area contributed by atoms with E-state index in [0.29, 0.717) is 11.6 Å². The summed E-state index contributed by atoms with van der Waals surface area (Å²) < 4.78 is 5.17. The van der Waals surface area contributed by atoms with Gasteiger partial charge in [0.1, 0.15) is 17.3 Å². The molecular weight excluding hydrogens is 382 g/mol. The standard InChI is InChI=1S/C21H23N7O2/c29-11-10-27-6-8-28(9-7-27)17-3-1-16(2-4-17)23-21-19-18(13-22-26-19)24-20(25-21)15-5-12-30-14-15/h1-5,12-14,29H,6-11H2,(H,22,26)(H,23,24,25). The molecule has 4 aromatic rings. The average molecular weight is 405 g/mol. The number of piperazine rings is 1. The number of hydrogen-bond donors (Lipinski definition) is 3. The lowest BCUT2D eigenvalue weighted by atomic mass is 10.2. The Morgan fingerprint density at radius 1 is 1.07 bits per heavy atom. The minimum absolute atomic E-state index is 0.218. The molecule has 9 heteroatoms. The SMILES string of the molecule is OCCN1CCN(c2ccc(Nc3nc(-c4ccoc4)nc4cn[nH]c34)cc2)CC1. The lowest BCUT2D eigenvalue weighted by Gasteiger charge is -2.35. The topological polar surface area (TPSA) is 106 Å². The smallest absolute Gasteiger partial charge is 0.165 e. The highest BCUT2D eigenvalue weighted by molar-refractivity contribution is 5.88. The maximum absolute atomic E-state index is 9.09. The Kier molecular flexibility index (Phi) is 5.04. The molecule has 1 aliphatic heterocycles. The van der Waals surface area contributed by atoms with Crippen LogP contribution >= 0.6 is 0 Å². The number of hydrogen-bond acceptors (Lipinski definition) is 8. The number of aliphatic hydroxyl groups excluding tert-OH is 1. The number of fused-ring (bicyclic) bond motifs is 1. The summed E-state index contributed by atoms with van der Waals surface area (Å²) in [5, 5.41) is 19.5. The Morgan fingerprint density at radius 3 is 2.63 bits per heavy atom. The highest BCUT2D eigenvalue weighted by atomic mass is 16.3. The van der Waals surface area contributed by atoms with Crippen molar-refractivity contribution in [1.29, 1.82) is 0 Å². The number of rotatable bonds is 6. The highest BCUT2D eigenvalue weighted by Gasteiger charge is 2.17. The molecule has 1 aromatic carbocycles. The van der Waals surface area contributed by atoms with Crippen LogP contribution in [0.1, 0.15) is 0 Å². The van der Waals surface area contributed by atoms with Crippen molar-refractivity contribution in [2.24, 2.45) is 0 Å². The molecular formula is C21H23N7O2. The second-order valence-corrected chi connectivity index (χ2v) is 7.26. The minimum atomic E-state index is 0.218. The van der Waals surface area contributed by atoms with Gasteiger partial charge >= 0.3 is 0 Å². The predicted molar refractivity (Wildman–Crippen MR) is 115 cm³/mol. The van der Waals surface area contributed by atoms with Gasteiger partial charge in [-0.15, -0.1) is 0 Å². The molecule has 0 amide bonds. The van der Waals surface area contributed by atoms with Crippen molar-refractivity contribution in [3.8, 4) is 11.4 Å². The normalized spacial score (nSPS) is 15.0. The van der Waals surface area contributed by atoms with Gasteiger partial charge in [0, 0.05) is 44.1 Å². The van der Waals surface area contributed by atoms with E-state index < -0.39 is 0 Å². The van der Waals surface area contributed by atoms with Gasteiger partial charge in [-0.2, -0.15) is 5.10 Å². The van der Waals surface area contributed by atoms with Crippen molar-refractivity contribution in [3.63, 3.8) is 0 Å². The predicted octanol–water partition coefficient (Wildman–Crippen LogP) is 2.47. The largest absolute Gasteiger partial charge is 0.472 e. The van der Waals surface area contributed by atoms with Crippen LogP contribution in [0.2, 0.25) is 0 Å². The van der Waals surface area contributed by atoms with Gasteiger partial charge in [0.25, 0.3) is 0 Å². The van der Waals surface area contributed by atoms with Crippen molar-refractivity contribution < 1.29 is 9.52 Å². The number of β-amino-alcohol motifs (C(OH)–C–C–N with tert-alkyl or cyclic N) is 1. The number of aliphatic hydroxyl groups is 1. The zero-order valence-corrected chi connectivity index (χ0v) is 16.5. The van der Waals surface area contributed by atoms with E-state index in [0.717, 1.165) is 55.0 Å². The van der Waals surface area contributed by atoms with E-state index in [-0.39, 0.29) is 6.61 Å². The Hall–Kier alpha value is -3.43. The second kappa shape index (κ2) is 8.13. The van der Waals surface area contributed by atoms with E-state index >= 15 is 0 Å². The summed E-state index contributed by atoms with van der Waals surface area (Å²) in [5.74, 6) is 1.25. The average Bonchev–Trinajstić information content (AvgIpc) is 3.47. The molecule has 154 valence electrons. The fourth-order valence-electron chi connectivity index (χ4n) is 3.71. The summed E-state index contributed by atoms with van der Waals surface area (Å²) >= 11 is 0. The highest BCUT2D eigenvalue weighted by Crippen LogP contribution is 2.27. The summed E-state index contributed by atoms with van der Waals surface area (Å²) in [6, 6.07) is 10.2. The van der Waals surface area contributed by atoms with E-state index in [1.165, 1.54) is 5.69 Å². The van der Waals surface area contributed by atoms with Gasteiger partial charge in [-0.25, -0.2) is 9.97 Å². The maximum Gasteiger partial charge on any atom is 0.165 e. The monoisotopic (exact) mass is 405 g/mol. The van der Waals surface area contributed by atoms with E-state index in [1.54, 1.807) is 18.7 Å². The first kappa shape index (κ1) is 18.6. The molecule has 0 atom stereocenters. The number of anilines is 3. The fraction of sp³-hybridized carbons (Fsp3) is 0.286. The molecule has 4 heterocycles. The summed E-state index contributed by atoms with van der Waals surface area (Å²) in [7, 11) is 0. The van der Waals surface area contributed by atoms with E-state index in [9.17, 15) is 0 Å². The van der Waals surface area contributed by atoms with Crippen LogP contribution in [-0.2, 0) is 0 Å². The maximum atomic E-state index is 9.09.